The Morgan fingerprint density at radius 2 is 1.87 bits per heavy atom. The Morgan fingerprint density at radius 3 is 2.48 bits per heavy atom. The zero-order valence-electron chi connectivity index (χ0n) is 12.8. The van der Waals surface area contributed by atoms with Crippen LogP contribution in [0.1, 0.15) is 11.8 Å². The van der Waals surface area contributed by atoms with Gasteiger partial charge in [-0.15, -0.1) is 11.3 Å². The predicted octanol–water partition coefficient (Wildman–Crippen LogP) is 4.12. The van der Waals surface area contributed by atoms with Crippen molar-refractivity contribution in [3.8, 4) is 11.5 Å². The molecule has 1 aromatic heterocycles. The number of thiophene rings is 1. The van der Waals surface area contributed by atoms with Crippen molar-refractivity contribution in [2.24, 2.45) is 0 Å². The maximum absolute atomic E-state index is 11.7. The highest BCUT2D eigenvalue weighted by Gasteiger charge is 1.99. The summed E-state index contributed by atoms with van der Waals surface area (Å²) in [4.78, 5) is 12.7. The third-order valence-corrected chi connectivity index (χ3v) is 4.39. The van der Waals surface area contributed by atoms with Crippen molar-refractivity contribution in [3.05, 3.63) is 51.1 Å². The summed E-state index contributed by atoms with van der Waals surface area (Å²) in [7, 11) is 0. The minimum absolute atomic E-state index is 0.134. The summed E-state index contributed by atoms with van der Waals surface area (Å²) in [5.74, 6) is 1.44. The van der Waals surface area contributed by atoms with Gasteiger partial charge in [0.2, 0.25) is 5.91 Å². The van der Waals surface area contributed by atoms with E-state index in [1.54, 1.807) is 17.4 Å². The summed E-state index contributed by atoms with van der Waals surface area (Å²) in [6.07, 6.45) is 3.31. The van der Waals surface area contributed by atoms with E-state index in [1.807, 2.05) is 43.3 Å². The van der Waals surface area contributed by atoms with Crippen molar-refractivity contribution in [1.82, 2.24) is 5.32 Å². The van der Waals surface area contributed by atoms with Gasteiger partial charge < -0.3 is 14.8 Å². The third kappa shape index (κ3) is 6.46. The highest BCUT2D eigenvalue weighted by molar-refractivity contribution is 9.11. The average molecular weight is 396 g/mol. The molecule has 6 heteroatoms. The number of nitrogens with one attached hydrogen (secondary N) is 1. The highest BCUT2D eigenvalue weighted by atomic mass is 79.9. The molecule has 0 fully saturated rings. The normalized spacial score (nSPS) is 10.7. The molecule has 0 radical (unpaired) electrons. The molecule has 1 N–H and O–H groups in total. The van der Waals surface area contributed by atoms with Crippen LogP contribution in [0.25, 0.3) is 6.08 Å². The van der Waals surface area contributed by atoms with E-state index < -0.39 is 0 Å². The fraction of sp³-hybridized carbons (Fsp3) is 0.235. The van der Waals surface area contributed by atoms with Crippen LogP contribution in [0, 0.1) is 0 Å². The van der Waals surface area contributed by atoms with E-state index in [4.69, 9.17) is 9.47 Å². The van der Waals surface area contributed by atoms with Gasteiger partial charge in [0.05, 0.1) is 16.9 Å². The van der Waals surface area contributed by atoms with Crippen molar-refractivity contribution in [3.63, 3.8) is 0 Å². The molecule has 1 heterocycles. The van der Waals surface area contributed by atoms with E-state index in [-0.39, 0.29) is 5.91 Å². The van der Waals surface area contributed by atoms with Gasteiger partial charge in [0, 0.05) is 11.0 Å². The Hall–Kier alpha value is -1.79. The lowest BCUT2D eigenvalue weighted by Crippen LogP contribution is -2.26. The van der Waals surface area contributed by atoms with Crippen LogP contribution in [0.15, 0.2) is 46.3 Å². The van der Waals surface area contributed by atoms with E-state index in [0.717, 1.165) is 20.2 Å². The van der Waals surface area contributed by atoms with Crippen LogP contribution in [0.3, 0.4) is 0 Å². The van der Waals surface area contributed by atoms with Crippen LogP contribution in [-0.4, -0.2) is 25.7 Å². The van der Waals surface area contributed by atoms with Crippen LogP contribution in [0.4, 0.5) is 0 Å². The molecule has 2 aromatic rings. The second-order valence-electron chi connectivity index (χ2n) is 4.52. The highest BCUT2D eigenvalue weighted by Crippen LogP contribution is 2.22. The maximum atomic E-state index is 11.7. The molecule has 0 unspecified atom stereocenters. The topological polar surface area (TPSA) is 47.6 Å². The monoisotopic (exact) mass is 395 g/mol. The molecular formula is C17H18BrNO3S. The first-order valence-electron chi connectivity index (χ1n) is 7.24. The first kappa shape index (κ1) is 17.6. The first-order chi connectivity index (χ1) is 11.2. The lowest BCUT2D eigenvalue weighted by atomic mass is 10.3. The molecule has 23 heavy (non-hydrogen) atoms. The minimum Gasteiger partial charge on any atom is -0.494 e. The number of ether oxygens (including phenoxy) is 2. The molecule has 0 spiro atoms. The van der Waals surface area contributed by atoms with E-state index in [9.17, 15) is 4.79 Å². The molecule has 0 saturated carbocycles. The zero-order chi connectivity index (χ0) is 16.5. The predicted molar refractivity (Wildman–Crippen MR) is 97.2 cm³/mol. The molecule has 0 saturated heterocycles. The van der Waals surface area contributed by atoms with Crippen LogP contribution in [0.2, 0.25) is 0 Å². The molecule has 0 aliphatic carbocycles. The number of benzene rings is 1. The van der Waals surface area contributed by atoms with Crippen LogP contribution < -0.4 is 14.8 Å². The average Bonchev–Trinajstić information content (AvgIpc) is 2.97. The van der Waals surface area contributed by atoms with Gasteiger partial charge in [0.15, 0.2) is 0 Å². The molecule has 0 bridgehead atoms. The summed E-state index contributed by atoms with van der Waals surface area (Å²) in [5.41, 5.74) is 0. The van der Waals surface area contributed by atoms with E-state index in [2.05, 4.69) is 21.2 Å². The summed E-state index contributed by atoms with van der Waals surface area (Å²) in [5, 5.41) is 2.78. The number of hydrogen-bond donors (Lipinski definition) is 1. The Bertz CT molecular complexity index is 652. The molecule has 122 valence electrons. The van der Waals surface area contributed by atoms with Gasteiger partial charge in [0.1, 0.15) is 18.1 Å². The first-order valence-corrected chi connectivity index (χ1v) is 8.85. The fourth-order valence-electron chi connectivity index (χ4n) is 1.78. The van der Waals surface area contributed by atoms with Crippen LogP contribution in [0.5, 0.6) is 11.5 Å². The summed E-state index contributed by atoms with van der Waals surface area (Å²) in [6, 6.07) is 11.3. The number of hydrogen-bond acceptors (Lipinski definition) is 4. The van der Waals surface area contributed by atoms with Gasteiger partial charge in [-0.25, -0.2) is 0 Å². The number of carbonyl (C=O) groups is 1. The number of amides is 1. The van der Waals surface area contributed by atoms with Gasteiger partial charge in [-0.05, 0) is 65.3 Å². The van der Waals surface area contributed by atoms with Gasteiger partial charge in [0.25, 0.3) is 0 Å². The van der Waals surface area contributed by atoms with Crippen LogP contribution >= 0.6 is 27.3 Å². The van der Waals surface area contributed by atoms with E-state index >= 15 is 0 Å². The van der Waals surface area contributed by atoms with Gasteiger partial charge >= 0.3 is 0 Å². The number of halogens is 1. The molecule has 4 nitrogen and oxygen atoms in total. The Morgan fingerprint density at radius 1 is 1.17 bits per heavy atom. The second-order valence-corrected chi connectivity index (χ2v) is 7.01. The summed E-state index contributed by atoms with van der Waals surface area (Å²) < 4.78 is 12.0. The molecule has 2 rings (SSSR count). The quantitative estimate of drug-likeness (QED) is 0.540. The van der Waals surface area contributed by atoms with Crippen molar-refractivity contribution >= 4 is 39.2 Å². The van der Waals surface area contributed by atoms with Crippen molar-refractivity contribution in [2.75, 3.05) is 19.8 Å². The molecular weight excluding hydrogens is 378 g/mol. The standard InChI is InChI=1S/C17H18BrNO3S/c1-2-21-13-3-5-14(6-4-13)22-12-11-19-17(20)10-8-15-7-9-16(18)23-15/h3-10H,2,11-12H2,1H3,(H,19,20)/b10-8+. The maximum Gasteiger partial charge on any atom is 0.244 e. The Labute approximate surface area is 148 Å². The largest absolute Gasteiger partial charge is 0.494 e. The van der Waals surface area contributed by atoms with Crippen molar-refractivity contribution in [1.29, 1.82) is 0 Å². The van der Waals surface area contributed by atoms with Crippen molar-refractivity contribution < 1.29 is 14.3 Å². The van der Waals surface area contributed by atoms with Crippen molar-refractivity contribution in [2.45, 2.75) is 6.92 Å². The summed E-state index contributed by atoms with van der Waals surface area (Å²) >= 11 is 4.96. The minimum atomic E-state index is -0.134. The zero-order valence-corrected chi connectivity index (χ0v) is 15.2. The smallest absolute Gasteiger partial charge is 0.244 e. The van der Waals surface area contributed by atoms with Crippen LogP contribution in [-0.2, 0) is 4.79 Å². The summed E-state index contributed by atoms with van der Waals surface area (Å²) in [6.45, 7) is 3.45. The Balaban J connectivity index is 1.66. The fourth-order valence-corrected chi connectivity index (χ4v) is 3.10. The SMILES string of the molecule is CCOc1ccc(OCCNC(=O)/C=C/c2ccc(Br)s2)cc1. The molecule has 0 aliphatic heterocycles. The molecule has 0 atom stereocenters. The lowest BCUT2D eigenvalue weighted by molar-refractivity contribution is -0.116. The lowest BCUT2D eigenvalue weighted by Gasteiger charge is -2.08. The number of carbonyl (C=O) groups excluding carboxylic acids is 1. The van der Waals surface area contributed by atoms with E-state index in [0.29, 0.717) is 19.8 Å². The van der Waals surface area contributed by atoms with Gasteiger partial charge in [-0.1, -0.05) is 0 Å². The van der Waals surface area contributed by atoms with Gasteiger partial charge in [-0.3, -0.25) is 4.79 Å². The third-order valence-electron chi connectivity index (χ3n) is 2.80. The molecule has 1 aromatic carbocycles. The molecule has 1 amide bonds. The number of rotatable bonds is 8. The van der Waals surface area contributed by atoms with Gasteiger partial charge in [-0.2, -0.15) is 0 Å². The molecule has 0 aliphatic rings. The Kier molecular flexibility index (Phi) is 7.16. The van der Waals surface area contributed by atoms with E-state index in [1.165, 1.54) is 6.08 Å². The second kappa shape index (κ2) is 9.37.